The molecule has 0 saturated carbocycles. The molecule has 180 valence electrons. The molecule has 0 unspecified atom stereocenters. The number of hydrogen-bond acceptors (Lipinski definition) is 5. The average Bonchev–Trinajstić information content (AvgIpc) is 3.32. The van der Waals surface area contributed by atoms with E-state index in [9.17, 15) is 4.79 Å². The summed E-state index contributed by atoms with van der Waals surface area (Å²) in [7, 11) is 1.57. The summed E-state index contributed by atoms with van der Waals surface area (Å²) < 4.78 is 11.5. The molecule has 1 amide bonds. The van der Waals surface area contributed by atoms with E-state index < -0.39 is 0 Å². The zero-order valence-corrected chi connectivity index (χ0v) is 21.0. The molecule has 4 aromatic carbocycles. The van der Waals surface area contributed by atoms with E-state index in [1.807, 2.05) is 60.7 Å². The molecular weight excluding hydrogens is 470 g/mol. The highest BCUT2D eigenvalue weighted by Crippen LogP contribution is 2.32. The van der Waals surface area contributed by atoms with Gasteiger partial charge in [0.1, 0.15) is 11.3 Å². The van der Waals surface area contributed by atoms with Crippen molar-refractivity contribution in [2.45, 2.75) is 19.8 Å². The van der Waals surface area contributed by atoms with Crippen molar-refractivity contribution in [3.8, 4) is 17.2 Å². The first-order valence-electron chi connectivity index (χ1n) is 11.6. The fraction of sp³-hybridized carbons (Fsp3) is 0.138. The van der Waals surface area contributed by atoms with Crippen molar-refractivity contribution in [2.24, 2.45) is 0 Å². The van der Waals surface area contributed by atoms with Crippen LogP contribution in [0.15, 0.2) is 83.3 Å². The third-order valence-electron chi connectivity index (χ3n) is 6.01. The summed E-state index contributed by atoms with van der Waals surface area (Å²) in [6, 6.07) is 25.0. The Kier molecular flexibility index (Phi) is 6.40. The van der Waals surface area contributed by atoms with Crippen LogP contribution >= 0.6 is 12.2 Å². The molecule has 0 radical (unpaired) electrons. The van der Waals surface area contributed by atoms with Gasteiger partial charge in [0.05, 0.1) is 12.8 Å². The van der Waals surface area contributed by atoms with Gasteiger partial charge in [-0.25, -0.2) is 4.98 Å². The van der Waals surface area contributed by atoms with Gasteiger partial charge in [0.25, 0.3) is 5.91 Å². The number of amides is 1. The van der Waals surface area contributed by atoms with E-state index in [4.69, 9.17) is 21.4 Å². The summed E-state index contributed by atoms with van der Waals surface area (Å²) in [5.74, 6) is 1.16. The maximum atomic E-state index is 12.8. The lowest BCUT2D eigenvalue weighted by molar-refractivity contribution is 0.0978. The Morgan fingerprint density at radius 3 is 2.56 bits per heavy atom. The number of methoxy groups -OCH3 is 1. The fourth-order valence-corrected chi connectivity index (χ4v) is 4.23. The largest absolute Gasteiger partial charge is 0.495 e. The van der Waals surface area contributed by atoms with Crippen LogP contribution in [0, 0.1) is 0 Å². The topological polar surface area (TPSA) is 76.4 Å². The van der Waals surface area contributed by atoms with E-state index in [0.29, 0.717) is 28.8 Å². The second kappa shape index (κ2) is 9.79. The molecule has 0 atom stereocenters. The van der Waals surface area contributed by atoms with E-state index in [0.717, 1.165) is 27.4 Å². The van der Waals surface area contributed by atoms with Crippen LogP contribution < -0.4 is 15.4 Å². The predicted molar refractivity (Wildman–Crippen MR) is 148 cm³/mol. The molecule has 5 rings (SSSR count). The van der Waals surface area contributed by atoms with E-state index in [1.165, 1.54) is 5.56 Å². The molecular formula is C29H25N3O3S. The quantitative estimate of drug-likeness (QED) is 0.258. The van der Waals surface area contributed by atoms with Crippen LogP contribution in [0.3, 0.4) is 0 Å². The number of anilines is 1. The first kappa shape index (κ1) is 23.5. The third kappa shape index (κ3) is 4.78. The summed E-state index contributed by atoms with van der Waals surface area (Å²) in [4.78, 5) is 17.5. The minimum Gasteiger partial charge on any atom is -0.495 e. The van der Waals surface area contributed by atoms with E-state index in [1.54, 1.807) is 19.2 Å². The van der Waals surface area contributed by atoms with Gasteiger partial charge in [0, 0.05) is 11.1 Å². The number of nitrogens with zero attached hydrogens (tertiary/aromatic N) is 1. The molecule has 2 N–H and O–H groups in total. The van der Waals surface area contributed by atoms with Crippen LogP contribution in [0.5, 0.6) is 5.75 Å². The van der Waals surface area contributed by atoms with Crippen molar-refractivity contribution in [2.75, 3.05) is 12.4 Å². The van der Waals surface area contributed by atoms with Crippen molar-refractivity contribution in [3.05, 3.63) is 90.0 Å². The summed E-state index contributed by atoms with van der Waals surface area (Å²) in [6.07, 6.45) is 0. The molecule has 1 aromatic heterocycles. The highest BCUT2D eigenvalue weighted by atomic mass is 32.1. The Hall–Kier alpha value is -4.23. The Balaban J connectivity index is 1.36. The number of oxazole rings is 1. The van der Waals surface area contributed by atoms with Gasteiger partial charge in [-0.3, -0.25) is 10.1 Å². The molecule has 36 heavy (non-hydrogen) atoms. The van der Waals surface area contributed by atoms with Crippen LogP contribution in [-0.4, -0.2) is 23.1 Å². The predicted octanol–water partition coefficient (Wildman–Crippen LogP) is 6.91. The number of carbonyl (C=O) groups excluding carboxylic acids is 1. The summed E-state index contributed by atoms with van der Waals surface area (Å²) in [6.45, 7) is 4.29. The smallest absolute Gasteiger partial charge is 0.257 e. The molecule has 7 heteroatoms. The molecule has 1 heterocycles. The molecule has 0 bridgehead atoms. The van der Waals surface area contributed by atoms with E-state index in [-0.39, 0.29) is 11.0 Å². The number of rotatable bonds is 5. The third-order valence-corrected chi connectivity index (χ3v) is 6.22. The first-order chi connectivity index (χ1) is 17.4. The molecule has 5 aromatic rings. The summed E-state index contributed by atoms with van der Waals surface area (Å²) >= 11 is 5.43. The number of aromatic nitrogens is 1. The van der Waals surface area contributed by atoms with Gasteiger partial charge >= 0.3 is 0 Å². The van der Waals surface area contributed by atoms with Gasteiger partial charge in [-0.2, -0.15) is 0 Å². The van der Waals surface area contributed by atoms with Gasteiger partial charge < -0.3 is 14.5 Å². The van der Waals surface area contributed by atoms with Gasteiger partial charge in [0.2, 0.25) is 5.89 Å². The molecule has 0 fully saturated rings. The Morgan fingerprint density at radius 1 is 0.972 bits per heavy atom. The minimum atomic E-state index is -0.298. The Bertz CT molecular complexity index is 1610. The maximum Gasteiger partial charge on any atom is 0.257 e. The number of nitrogens with one attached hydrogen (secondary N) is 2. The number of ether oxygens (including phenoxy) is 1. The van der Waals surface area contributed by atoms with Crippen LogP contribution in [-0.2, 0) is 0 Å². The maximum absolute atomic E-state index is 12.8. The zero-order chi connectivity index (χ0) is 25.2. The van der Waals surface area contributed by atoms with Crippen LogP contribution in [0.25, 0.3) is 33.3 Å². The monoisotopic (exact) mass is 495 g/mol. The van der Waals surface area contributed by atoms with Crippen molar-refractivity contribution < 1.29 is 13.9 Å². The van der Waals surface area contributed by atoms with Gasteiger partial charge in [-0.05, 0) is 76.9 Å². The normalized spacial score (nSPS) is 11.1. The molecule has 0 aliphatic carbocycles. The lowest BCUT2D eigenvalue weighted by Gasteiger charge is -2.14. The van der Waals surface area contributed by atoms with Crippen LogP contribution in [0.2, 0.25) is 0 Å². The minimum absolute atomic E-state index is 0.155. The second-order valence-electron chi connectivity index (χ2n) is 8.79. The Labute approximate surface area is 214 Å². The zero-order valence-electron chi connectivity index (χ0n) is 20.2. The summed E-state index contributed by atoms with van der Waals surface area (Å²) in [5, 5.41) is 8.02. The number of hydrogen-bond donors (Lipinski definition) is 2. The van der Waals surface area contributed by atoms with Crippen molar-refractivity contribution >= 4 is 50.8 Å². The average molecular weight is 496 g/mol. The SMILES string of the molecule is COc1ccc(-c2nc3cc(C(C)C)ccc3o2)cc1NC(=S)NC(=O)c1ccc2ccccc2c1. The molecule has 0 aliphatic heterocycles. The van der Waals surface area contributed by atoms with Crippen LogP contribution in [0.4, 0.5) is 5.69 Å². The molecule has 0 saturated heterocycles. The number of fused-ring (bicyclic) bond motifs is 2. The van der Waals surface area contributed by atoms with Gasteiger partial charge in [0.15, 0.2) is 10.7 Å². The fourth-order valence-electron chi connectivity index (χ4n) is 4.03. The molecule has 6 nitrogen and oxygen atoms in total. The lowest BCUT2D eigenvalue weighted by atomic mass is 10.0. The van der Waals surface area contributed by atoms with Gasteiger partial charge in [-0.15, -0.1) is 0 Å². The van der Waals surface area contributed by atoms with E-state index >= 15 is 0 Å². The number of benzene rings is 4. The molecule has 0 spiro atoms. The number of carbonyl (C=O) groups is 1. The highest BCUT2D eigenvalue weighted by Gasteiger charge is 2.15. The van der Waals surface area contributed by atoms with Crippen LogP contribution in [0.1, 0.15) is 35.7 Å². The Morgan fingerprint density at radius 2 is 1.78 bits per heavy atom. The number of thiocarbonyl (C=S) groups is 1. The van der Waals surface area contributed by atoms with Crippen molar-refractivity contribution in [3.63, 3.8) is 0 Å². The molecule has 0 aliphatic rings. The van der Waals surface area contributed by atoms with Crippen molar-refractivity contribution in [1.82, 2.24) is 10.3 Å². The van der Waals surface area contributed by atoms with Gasteiger partial charge in [-0.1, -0.05) is 50.2 Å². The lowest BCUT2D eigenvalue weighted by Crippen LogP contribution is -2.34. The highest BCUT2D eigenvalue weighted by molar-refractivity contribution is 7.80. The summed E-state index contributed by atoms with van der Waals surface area (Å²) in [5.41, 5.74) is 4.59. The van der Waals surface area contributed by atoms with Crippen molar-refractivity contribution in [1.29, 1.82) is 0 Å². The first-order valence-corrected chi connectivity index (χ1v) is 12.0. The second-order valence-corrected chi connectivity index (χ2v) is 9.19. The standard InChI is InChI=1S/C29H25N3O3S/c1-17(2)19-10-13-26-24(15-19)30-28(35-26)22-11-12-25(34-3)23(16-22)31-29(36)32-27(33)21-9-8-18-6-4-5-7-20(18)14-21/h4-17H,1-3H3,(H2,31,32,33,36). The van der Waals surface area contributed by atoms with E-state index in [2.05, 4.69) is 35.5 Å².